The van der Waals surface area contributed by atoms with Crippen LogP contribution >= 0.6 is 15.9 Å². The minimum Gasteiger partial charge on any atom is -0.465 e. The highest BCUT2D eigenvalue weighted by molar-refractivity contribution is 9.11. The van der Waals surface area contributed by atoms with E-state index in [9.17, 15) is 4.79 Å². The molecule has 76 valence electrons. The maximum absolute atomic E-state index is 11.3. The molecule has 0 bridgehead atoms. The van der Waals surface area contributed by atoms with Crippen LogP contribution in [0.2, 0.25) is 0 Å². The van der Waals surface area contributed by atoms with Gasteiger partial charge in [-0.15, -0.1) is 0 Å². The maximum Gasteiger partial charge on any atom is 0.338 e. The fourth-order valence-electron chi connectivity index (χ4n) is 1.00. The van der Waals surface area contributed by atoms with Gasteiger partial charge in [-0.2, -0.15) is 0 Å². The molecule has 0 radical (unpaired) electrons. The van der Waals surface area contributed by atoms with Crippen LogP contribution in [0.4, 0.5) is 0 Å². The third-order valence-electron chi connectivity index (χ3n) is 1.58. The lowest BCUT2D eigenvalue weighted by Gasteiger charge is -2.09. The Bertz CT molecular complexity index is 308. The highest BCUT2D eigenvalue weighted by Crippen LogP contribution is 2.26. The number of carbonyl (C=O) groups is 1. The van der Waals surface area contributed by atoms with Crippen molar-refractivity contribution in [2.24, 2.45) is 0 Å². The van der Waals surface area contributed by atoms with Gasteiger partial charge in [-0.3, -0.25) is 0 Å². The normalized spacial score (nSPS) is 11.4. The van der Waals surface area contributed by atoms with Crippen LogP contribution in [0.3, 0.4) is 0 Å². The number of halogens is 1. The van der Waals surface area contributed by atoms with E-state index in [1.165, 1.54) is 13.2 Å². The largest absolute Gasteiger partial charge is 0.465 e. The van der Waals surface area contributed by atoms with Crippen LogP contribution in [-0.4, -0.2) is 13.1 Å². The SMILES string of the molecule is C=C/C(C(=O)OC)=C(/C(=C)C)C(=C)Br. The third kappa shape index (κ3) is 3.00. The van der Waals surface area contributed by atoms with Gasteiger partial charge in [0.15, 0.2) is 0 Å². The third-order valence-corrected chi connectivity index (χ3v) is 1.97. The van der Waals surface area contributed by atoms with Gasteiger partial charge in [0.1, 0.15) is 0 Å². The topological polar surface area (TPSA) is 26.3 Å². The van der Waals surface area contributed by atoms with E-state index < -0.39 is 5.97 Å². The molecule has 0 atom stereocenters. The van der Waals surface area contributed by atoms with Gasteiger partial charge >= 0.3 is 5.97 Å². The fraction of sp³-hybridized carbons (Fsp3) is 0.182. The Morgan fingerprint density at radius 3 is 2.14 bits per heavy atom. The van der Waals surface area contributed by atoms with Crippen LogP contribution < -0.4 is 0 Å². The molecule has 0 rings (SSSR count). The average Bonchev–Trinajstić information content (AvgIpc) is 2.11. The summed E-state index contributed by atoms with van der Waals surface area (Å²) in [6.45, 7) is 12.8. The van der Waals surface area contributed by atoms with Crippen molar-refractivity contribution in [3.8, 4) is 0 Å². The van der Waals surface area contributed by atoms with Crippen molar-refractivity contribution in [2.75, 3.05) is 7.11 Å². The summed E-state index contributed by atoms with van der Waals surface area (Å²) in [4.78, 5) is 11.3. The predicted molar refractivity (Wildman–Crippen MR) is 62.1 cm³/mol. The number of hydrogen-bond donors (Lipinski definition) is 0. The Hall–Kier alpha value is -1.09. The molecule has 0 aliphatic heterocycles. The molecule has 0 aromatic heterocycles. The molecule has 0 aromatic rings. The van der Waals surface area contributed by atoms with Crippen molar-refractivity contribution in [1.29, 1.82) is 0 Å². The number of methoxy groups -OCH3 is 1. The molecule has 0 aliphatic rings. The Morgan fingerprint density at radius 1 is 1.43 bits per heavy atom. The first-order chi connectivity index (χ1) is 6.45. The summed E-state index contributed by atoms with van der Waals surface area (Å²) in [5, 5.41) is 0. The van der Waals surface area contributed by atoms with Gasteiger partial charge in [0.2, 0.25) is 0 Å². The summed E-state index contributed by atoms with van der Waals surface area (Å²) in [5.74, 6) is -0.446. The molecule has 0 N–H and O–H groups in total. The molecule has 0 spiro atoms. The molecule has 0 saturated heterocycles. The van der Waals surface area contributed by atoms with Crippen molar-refractivity contribution in [3.63, 3.8) is 0 Å². The lowest BCUT2D eigenvalue weighted by Crippen LogP contribution is -2.06. The summed E-state index contributed by atoms with van der Waals surface area (Å²) < 4.78 is 5.20. The van der Waals surface area contributed by atoms with E-state index in [0.717, 1.165) is 5.57 Å². The number of rotatable bonds is 4. The van der Waals surface area contributed by atoms with E-state index in [0.29, 0.717) is 15.6 Å². The van der Waals surface area contributed by atoms with Crippen molar-refractivity contribution in [1.82, 2.24) is 0 Å². The smallest absolute Gasteiger partial charge is 0.338 e. The highest BCUT2D eigenvalue weighted by Gasteiger charge is 2.14. The molecule has 0 saturated carbocycles. The Morgan fingerprint density at radius 2 is 1.93 bits per heavy atom. The zero-order chi connectivity index (χ0) is 11.3. The first-order valence-corrected chi connectivity index (χ1v) is 4.70. The minimum absolute atomic E-state index is 0.363. The van der Waals surface area contributed by atoms with Gasteiger partial charge in [0.25, 0.3) is 0 Å². The van der Waals surface area contributed by atoms with Gasteiger partial charge in [0.05, 0.1) is 12.7 Å². The second-order valence-electron chi connectivity index (χ2n) is 2.67. The second kappa shape index (κ2) is 5.60. The second-order valence-corrected chi connectivity index (χ2v) is 3.63. The van der Waals surface area contributed by atoms with Crippen LogP contribution in [0.5, 0.6) is 0 Å². The monoisotopic (exact) mass is 256 g/mol. The Balaban J connectivity index is 5.54. The summed E-state index contributed by atoms with van der Waals surface area (Å²) in [5.41, 5.74) is 1.72. The van der Waals surface area contributed by atoms with Gasteiger partial charge in [-0.1, -0.05) is 41.7 Å². The standard InChI is InChI=1S/C11H13BrO2/c1-6-9(11(13)14-5)10(7(2)3)8(4)12/h6H,1-2,4H2,3,5H3/b10-9+. The Labute approximate surface area is 92.8 Å². The van der Waals surface area contributed by atoms with Crippen LogP contribution in [-0.2, 0) is 9.53 Å². The maximum atomic E-state index is 11.3. The molecule has 0 amide bonds. The molecule has 0 unspecified atom stereocenters. The van der Waals surface area contributed by atoms with Gasteiger partial charge < -0.3 is 4.74 Å². The quantitative estimate of drug-likeness (QED) is 0.439. The lowest BCUT2D eigenvalue weighted by molar-refractivity contribution is -0.135. The van der Waals surface area contributed by atoms with E-state index in [4.69, 9.17) is 0 Å². The molecule has 0 aromatic carbocycles. The van der Waals surface area contributed by atoms with Crippen molar-refractivity contribution < 1.29 is 9.53 Å². The van der Waals surface area contributed by atoms with Crippen molar-refractivity contribution >= 4 is 21.9 Å². The summed E-state index contributed by atoms with van der Waals surface area (Å²) >= 11 is 3.21. The molecule has 3 heteroatoms. The highest BCUT2D eigenvalue weighted by atomic mass is 79.9. The Kier molecular flexibility index (Phi) is 5.16. The number of ether oxygens (including phenoxy) is 1. The summed E-state index contributed by atoms with van der Waals surface area (Å²) in [6.07, 6.45) is 1.43. The number of carbonyl (C=O) groups excluding carboxylic acids is 1. The molecular formula is C11H13BrO2. The zero-order valence-corrected chi connectivity index (χ0v) is 9.98. The van der Waals surface area contributed by atoms with E-state index >= 15 is 0 Å². The van der Waals surface area contributed by atoms with Crippen LogP contribution in [0, 0.1) is 0 Å². The van der Waals surface area contributed by atoms with Crippen LogP contribution in [0.25, 0.3) is 0 Å². The first-order valence-electron chi connectivity index (χ1n) is 3.91. The van der Waals surface area contributed by atoms with E-state index in [1.54, 1.807) is 6.92 Å². The number of allylic oxidation sites excluding steroid dienone is 3. The van der Waals surface area contributed by atoms with Crippen LogP contribution in [0.15, 0.2) is 47.0 Å². The summed E-state index contributed by atoms with van der Waals surface area (Å²) in [6, 6.07) is 0. The molecule has 0 aliphatic carbocycles. The van der Waals surface area contributed by atoms with Gasteiger partial charge in [-0.25, -0.2) is 4.79 Å². The zero-order valence-electron chi connectivity index (χ0n) is 8.39. The molecule has 14 heavy (non-hydrogen) atoms. The van der Waals surface area contributed by atoms with E-state index in [1.807, 2.05) is 0 Å². The molecule has 0 heterocycles. The number of esters is 1. The minimum atomic E-state index is -0.446. The fourth-order valence-corrected chi connectivity index (χ4v) is 1.56. The summed E-state index contributed by atoms with van der Waals surface area (Å²) in [7, 11) is 1.32. The van der Waals surface area contributed by atoms with Gasteiger partial charge in [-0.05, 0) is 12.5 Å². The molecule has 0 fully saturated rings. The average molecular weight is 257 g/mol. The predicted octanol–water partition coefficient (Wildman–Crippen LogP) is 3.13. The van der Waals surface area contributed by atoms with Gasteiger partial charge in [0, 0.05) is 10.1 Å². The van der Waals surface area contributed by atoms with E-state index in [-0.39, 0.29) is 0 Å². The van der Waals surface area contributed by atoms with Crippen molar-refractivity contribution in [2.45, 2.75) is 6.92 Å². The molecular weight excluding hydrogens is 244 g/mol. The molecule has 2 nitrogen and oxygen atoms in total. The van der Waals surface area contributed by atoms with E-state index in [2.05, 4.69) is 40.4 Å². The lowest BCUT2D eigenvalue weighted by atomic mass is 10.0. The first kappa shape index (κ1) is 12.9. The number of hydrogen-bond acceptors (Lipinski definition) is 2. The van der Waals surface area contributed by atoms with Crippen LogP contribution in [0.1, 0.15) is 6.92 Å². The van der Waals surface area contributed by atoms with Crippen molar-refractivity contribution in [3.05, 3.63) is 47.0 Å².